The fourth-order valence-electron chi connectivity index (χ4n) is 6.49. The van der Waals surface area contributed by atoms with Gasteiger partial charge in [0.15, 0.2) is 0 Å². The highest BCUT2D eigenvalue weighted by Gasteiger charge is 2.47. The molecule has 0 spiro atoms. The molecule has 0 radical (unpaired) electrons. The number of nitrogens with one attached hydrogen (secondary N) is 4. The van der Waals surface area contributed by atoms with E-state index in [1.54, 1.807) is 12.3 Å². The van der Waals surface area contributed by atoms with Crippen LogP contribution in [0.4, 0.5) is 11.6 Å². The van der Waals surface area contributed by atoms with Gasteiger partial charge >= 0.3 is 11.9 Å². The van der Waals surface area contributed by atoms with Crippen molar-refractivity contribution in [2.24, 2.45) is 0 Å². The first-order valence-electron chi connectivity index (χ1n) is 13.4. The SMILES string of the molecule is COC(=O)c1cnc2cc(NC3CC(C)NN3)nc(NC3C[C@H]4CC[C@@H](C3)N4C3CCCOC3=O)c2c1. The highest BCUT2D eigenvalue weighted by atomic mass is 16.5. The lowest BCUT2D eigenvalue weighted by Crippen LogP contribution is -2.55. The molecule has 4 unspecified atom stereocenters. The number of ether oxygens (including phenoxy) is 2. The van der Waals surface area contributed by atoms with E-state index in [1.165, 1.54) is 7.11 Å². The lowest BCUT2D eigenvalue weighted by Gasteiger charge is -2.43. The molecule has 4 aliphatic rings. The lowest BCUT2D eigenvalue weighted by atomic mass is 9.93. The number of piperidine rings is 1. The smallest absolute Gasteiger partial charge is 0.339 e. The third-order valence-corrected chi connectivity index (χ3v) is 8.14. The molecular formula is C26H35N7O4. The fraction of sp³-hybridized carbons (Fsp3) is 0.615. The molecular weight excluding hydrogens is 474 g/mol. The molecule has 11 nitrogen and oxygen atoms in total. The molecule has 11 heteroatoms. The highest BCUT2D eigenvalue weighted by Crippen LogP contribution is 2.40. The average Bonchev–Trinajstić information content (AvgIpc) is 3.42. The van der Waals surface area contributed by atoms with Gasteiger partial charge in [-0.25, -0.2) is 15.2 Å². The van der Waals surface area contributed by atoms with Gasteiger partial charge in [-0.05, 0) is 57.9 Å². The summed E-state index contributed by atoms with van der Waals surface area (Å²) in [5, 5.41) is 7.94. The van der Waals surface area contributed by atoms with Gasteiger partial charge in [0.25, 0.3) is 0 Å². The second-order valence-corrected chi connectivity index (χ2v) is 10.7. The normalized spacial score (nSPS) is 31.8. The Balaban J connectivity index is 1.26. The first kappa shape index (κ1) is 24.3. The van der Waals surface area contributed by atoms with E-state index in [-0.39, 0.29) is 24.2 Å². The summed E-state index contributed by atoms with van der Waals surface area (Å²) in [5.74, 6) is 0.925. The number of esters is 2. The topological polar surface area (TPSA) is 130 Å². The molecule has 2 bridgehead atoms. The van der Waals surface area contributed by atoms with Gasteiger partial charge in [-0.1, -0.05) is 0 Å². The standard InChI is InChI=1S/C26H35N7O4/c1-14-8-23(32-31-14)29-22-12-20-19(9-15(13-27-20)25(34)36-2)24(30-22)28-16-10-17-5-6-18(11-16)33(17)21-4-3-7-37-26(21)35/h9,12-14,16-18,21,23,31-32H,3-8,10-11H2,1-2H3,(H2,28,29,30)/t14?,16?,17-,18+,21?,23?. The zero-order valence-electron chi connectivity index (χ0n) is 21.3. The molecule has 6 heterocycles. The number of rotatable bonds is 6. The molecule has 198 valence electrons. The maximum absolute atomic E-state index is 12.5. The molecule has 0 amide bonds. The summed E-state index contributed by atoms with van der Waals surface area (Å²) in [4.78, 5) is 36.6. The summed E-state index contributed by atoms with van der Waals surface area (Å²) in [6.45, 7) is 2.66. The van der Waals surface area contributed by atoms with E-state index in [4.69, 9.17) is 14.5 Å². The van der Waals surface area contributed by atoms with Crippen molar-refractivity contribution in [1.29, 1.82) is 0 Å². The van der Waals surface area contributed by atoms with Crippen molar-refractivity contribution in [3.05, 3.63) is 23.9 Å². The number of anilines is 2. The molecule has 6 rings (SSSR count). The maximum atomic E-state index is 12.5. The number of nitrogens with zero attached hydrogens (tertiary/aromatic N) is 3. The van der Waals surface area contributed by atoms with Crippen LogP contribution in [0.3, 0.4) is 0 Å². The molecule has 2 aromatic rings. The number of pyridine rings is 2. The Labute approximate surface area is 216 Å². The van der Waals surface area contributed by atoms with Gasteiger partial charge in [-0.15, -0.1) is 0 Å². The van der Waals surface area contributed by atoms with Crippen LogP contribution < -0.4 is 21.5 Å². The lowest BCUT2D eigenvalue weighted by molar-refractivity contribution is -0.157. The highest BCUT2D eigenvalue weighted by molar-refractivity contribution is 5.98. The van der Waals surface area contributed by atoms with Crippen LogP contribution in [0.1, 0.15) is 62.2 Å². The van der Waals surface area contributed by atoms with Crippen molar-refractivity contribution in [2.75, 3.05) is 24.4 Å². The van der Waals surface area contributed by atoms with E-state index in [1.807, 2.05) is 6.07 Å². The number of fused-ring (bicyclic) bond motifs is 3. The summed E-state index contributed by atoms with van der Waals surface area (Å²) in [6, 6.07) is 4.85. The summed E-state index contributed by atoms with van der Waals surface area (Å²) in [5.41, 5.74) is 7.61. The predicted molar refractivity (Wildman–Crippen MR) is 138 cm³/mol. The van der Waals surface area contributed by atoms with E-state index in [9.17, 15) is 9.59 Å². The molecule has 6 atom stereocenters. The van der Waals surface area contributed by atoms with Gasteiger partial charge in [0, 0.05) is 41.8 Å². The largest absolute Gasteiger partial charge is 0.465 e. The van der Waals surface area contributed by atoms with Crippen molar-refractivity contribution in [2.45, 2.75) is 88.2 Å². The zero-order chi connectivity index (χ0) is 25.5. The first-order valence-corrected chi connectivity index (χ1v) is 13.4. The van der Waals surface area contributed by atoms with Gasteiger partial charge in [0.05, 0.1) is 31.0 Å². The van der Waals surface area contributed by atoms with Gasteiger partial charge in [0.1, 0.15) is 17.7 Å². The van der Waals surface area contributed by atoms with Crippen molar-refractivity contribution in [3.8, 4) is 0 Å². The van der Waals surface area contributed by atoms with Crippen LogP contribution >= 0.6 is 0 Å². The van der Waals surface area contributed by atoms with Gasteiger partial charge < -0.3 is 20.1 Å². The van der Waals surface area contributed by atoms with E-state index in [0.717, 1.165) is 55.8 Å². The zero-order valence-corrected chi connectivity index (χ0v) is 21.3. The van der Waals surface area contributed by atoms with E-state index in [0.29, 0.717) is 41.9 Å². The van der Waals surface area contributed by atoms with Crippen molar-refractivity contribution in [3.63, 3.8) is 0 Å². The van der Waals surface area contributed by atoms with Crippen LogP contribution in [-0.4, -0.2) is 76.9 Å². The Bertz CT molecular complexity index is 1180. The molecule has 2 aromatic heterocycles. The molecule has 0 saturated carbocycles. The molecule has 4 fully saturated rings. The van der Waals surface area contributed by atoms with Gasteiger partial charge in [0.2, 0.25) is 0 Å². The molecule has 4 aliphatic heterocycles. The Morgan fingerprint density at radius 3 is 2.65 bits per heavy atom. The molecule has 4 N–H and O–H groups in total. The van der Waals surface area contributed by atoms with Crippen LogP contribution in [0.15, 0.2) is 18.3 Å². The average molecular weight is 510 g/mol. The van der Waals surface area contributed by atoms with Gasteiger partial charge in [-0.3, -0.25) is 20.1 Å². The van der Waals surface area contributed by atoms with Crippen LogP contribution in [0.25, 0.3) is 10.9 Å². The second kappa shape index (κ2) is 10.0. The summed E-state index contributed by atoms with van der Waals surface area (Å²) < 4.78 is 10.3. The number of carbonyl (C=O) groups is 2. The minimum absolute atomic E-state index is 0.0523. The summed E-state index contributed by atoms with van der Waals surface area (Å²) in [6.07, 6.45) is 8.37. The Morgan fingerprint density at radius 2 is 1.95 bits per heavy atom. The Hall–Kier alpha value is -3.02. The number of aromatic nitrogens is 2. The summed E-state index contributed by atoms with van der Waals surface area (Å²) in [7, 11) is 1.37. The minimum atomic E-state index is -0.427. The third kappa shape index (κ3) is 4.83. The molecule has 0 aliphatic carbocycles. The number of hydrazine groups is 1. The fourth-order valence-corrected chi connectivity index (χ4v) is 6.49. The quantitative estimate of drug-likeness (QED) is 0.428. The number of carbonyl (C=O) groups excluding carboxylic acids is 2. The number of hydrogen-bond acceptors (Lipinski definition) is 11. The van der Waals surface area contributed by atoms with Crippen LogP contribution in [0, 0.1) is 0 Å². The molecule has 37 heavy (non-hydrogen) atoms. The number of cyclic esters (lactones) is 1. The van der Waals surface area contributed by atoms with E-state index in [2.05, 4.69) is 38.3 Å². The van der Waals surface area contributed by atoms with Gasteiger partial charge in [-0.2, -0.15) is 0 Å². The number of hydrogen-bond donors (Lipinski definition) is 4. The molecule has 4 saturated heterocycles. The van der Waals surface area contributed by atoms with Crippen LogP contribution in [0.5, 0.6) is 0 Å². The van der Waals surface area contributed by atoms with E-state index >= 15 is 0 Å². The van der Waals surface area contributed by atoms with Crippen LogP contribution in [0.2, 0.25) is 0 Å². The summed E-state index contributed by atoms with van der Waals surface area (Å²) >= 11 is 0. The van der Waals surface area contributed by atoms with Crippen LogP contribution in [-0.2, 0) is 14.3 Å². The predicted octanol–water partition coefficient (Wildman–Crippen LogP) is 2.15. The second-order valence-electron chi connectivity index (χ2n) is 10.7. The first-order chi connectivity index (χ1) is 18.0. The maximum Gasteiger partial charge on any atom is 0.339 e. The minimum Gasteiger partial charge on any atom is -0.465 e. The van der Waals surface area contributed by atoms with Crippen molar-refractivity contribution in [1.82, 2.24) is 25.7 Å². The Kier molecular flexibility index (Phi) is 6.60. The third-order valence-electron chi connectivity index (χ3n) is 8.14. The van der Waals surface area contributed by atoms with Crippen molar-refractivity contribution >= 4 is 34.5 Å². The molecule has 0 aromatic carbocycles. The van der Waals surface area contributed by atoms with Crippen molar-refractivity contribution < 1.29 is 19.1 Å². The Morgan fingerprint density at radius 1 is 1.14 bits per heavy atom. The van der Waals surface area contributed by atoms with E-state index < -0.39 is 5.97 Å². The number of methoxy groups -OCH3 is 1. The monoisotopic (exact) mass is 509 g/mol.